The third-order valence-corrected chi connectivity index (χ3v) is 8.09. The lowest BCUT2D eigenvalue weighted by molar-refractivity contribution is -0.141. The van der Waals surface area contributed by atoms with Gasteiger partial charge in [-0.15, -0.1) is 0 Å². The van der Waals surface area contributed by atoms with Gasteiger partial charge in [0.05, 0.1) is 20.1 Å². The molecule has 7 nitrogen and oxygen atoms in total. The largest absolute Gasteiger partial charge is 0.508 e. The molecule has 6 rings (SSSR count). The molecule has 1 aliphatic carbocycles. The number of fused-ring (bicyclic) bond motifs is 5. The number of phenolic OH excluding ortho intramolecular Hbond substituents is 2. The third kappa shape index (κ3) is 4.82. The van der Waals surface area contributed by atoms with Crippen LogP contribution in [-0.4, -0.2) is 37.0 Å². The van der Waals surface area contributed by atoms with E-state index in [4.69, 9.17) is 18.9 Å². The van der Waals surface area contributed by atoms with Gasteiger partial charge in [0.15, 0.2) is 11.5 Å². The predicted molar refractivity (Wildman–Crippen MR) is 154 cm³/mol. The molecular weight excluding hydrogens is 520 g/mol. The Morgan fingerprint density at radius 2 is 1.73 bits per heavy atom. The van der Waals surface area contributed by atoms with E-state index in [1.165, 1.54) is 19.6 Å². The molecule has 0 fully saturated rings. The van der Waals surface area contributed by atoms with Crippen molar-refractivity contribution in [2.45, 2.75) is 37.7 Å². The van der Waals surface area contributed by atoms with Gasteiger partial charge in [-0.05, 0) is 59.2 Å². The number of esters is 1. The quantitative estimate of drug-likeness (QED) is 0.255. The Labute approximate surface area is 238 Å². The minimum atomic E-state index is -0.467. The van der Waals surface area contributed by atoms with E-state index >= 15 is 0 Å². The summed E-state index contributed by atoms with van der Waals surface area (Å²) in [5, 5.41) is 20.7. The highest BCUT2D eigenvalue weighted by Gasteiger charge is 2.42. The van der Waals surface area contributed by atoms with Crippen LogP contribution in [0.15, 0.2) is 72.8 Å². The van der Waals surface area contributed by atoms with Gasteiger partial charge in [-0.2, -0.15) is 0 Å². The van der Waals surface area contributed by atoms with Crippen LogP contribution in [0.5, 0.6) is 28.7 Å². The van der Waals surface area contributed by atoms with Crippen molar-refractivity contribution in [3.05, 3.63) is 101 Å². The summed E-state index contributed by atoms with van der Waals surface area (Å²) in [5.41, 5.74) is 7.00. The monoisotopic (exact) mass is 552 g/mol. The maximum absolute atomic E-state index is 11.9. The van der Waals surface area contributed by atoms with Crippen LogP contribution < -0.4 is 14.2 Å². The van der Waals surface area contributed by atoms with Gasteiger partial charge >= 0.3 is 5.97 Å². The Hall–Kier alpha value is -4.65. The molecule has 0 spiro atoms. The molecule has 2 aliphatic rings. The standard InChI is InChI=1S/C34H32O7/c1-19(35)40-18-27-25-10-11-26-31-23(15-24(36)17-30(31)39-3)14-22(13-20-7-5-4-6-8-20)32(26)34(25)41-33(27)21-9-12-28(37)29(16-21)38-2/h4-12,15-17,22,27,33,36-37H,13-14,18H2,1-3H3. The second kappa shape index (κ2) is 10.7. The third-order valence-electron chi connectivity index (χ3n) is 8.09. The zero-order valence-corrected chi connectivity index (χ0v) is 23.2. The van der Waals surface area contributed by atoms with Crippen LogP contribution in [0.1, 0.15) is 52.7 Å². The number of ether oxygens (including phenoxy) is 4. The Balaban J connectivity index is 1.53. The molecule has 1 heterocycles. The number of benzene rings is 4. The van der Waals surface area contributed by atoms with Crippen LogP contribution in [0.4, 0.5) is 0 Å². The molecule has 7 heteroatoms. The molecule has 3 unspecified atom stereocenters. The van der Waals surface area contributed by atoms with Crippen molar-refractivity contribution in [2.24, 2.45) is 0 Å². The lowest BCUT2D eigenvalue weighted by Gasteiger charge is -2.31. The minimum Gasteiger partial charge on any atom is -0.508 e. The molecule has 0 saturated carbocycles. The van der Waals surface area contributed by atoms with Crippen LogP contribution in [0.3, 0.4) is 0 Å². The van der Waals surface area contributed by atoms with Gasteiger partial charge in [-0.1, -0.05) is 48.5 Å². The first-order valence-corrected chi connectivity index (χ1v) is 13.7. The number of carbonyl (C=O) groups is 1. The van der Waals surface area contributed by atoms with E-state index < -0.39 is 6.10 Å². The lowest BCUT2D eigenvalue weighted by atomic mass is 9.74. The molecule has 210 valence electrons. The van der Waals surface area contributed by atoms with E-state index in [0.717, 1.165) is 45.6 Å². The zero-order valence-electron chi connectivity index (χ0n) is 23.2. The summed E-state index contributed by atoms with van der Waals surface area (Å²) in [6.45, 7) is 1.54. The number of carbonyl (C=O) groups excluding carboxylic acids is 1. The van der Waals surface area contributed by atoms with Crippen LogP contribution >= 0.6 is 0 Å². The van der Waals surface area contributed by atoms with Gasteiger partial charge in [0, 0.05) is 29.7 Å². The molecular formula is C34H32O7. The first kappa shape index (κ1) is 26.6. The van der Waals surface area contributed by atoms with Gasteiger partial charge in [0.25, 0.3) is 0 Å². The summed E-state index contributed by atoms with van der Waals surface area (Å²) < 4.78 is 23.5. The van der Waals surface area contributed by atoms with Gasteiger partial charge in [-0.25, -0.2) is 0 Å². The van der Waals surface area contributed by atoms with Gasteiger partial charge in [-0.3, -0.25) is 4.79 Å². The van der Waals surface area contributed by atoms with Crippen LogP contribution in [0.2, 0.25) is 0 Å². The Morgan fingerprint density at radius 1 is 0.951 bits per heavy atom. The van der Waals surface area contributed by atoms with E-state index in [-0.39, 0.29) is 35.9 Å². The highest BCUT2D eigenvalue weighted by atomic mass is 16.5. The molecule has 41 heavy (non-hydrogen) atoms. The van der Waals surface area contributed by atoms with E-state index in [2.05, 4.69) is 18.2 Å². The van der Waals surface area contributed by atoms with Crippen LogP contribution in [0, 0.1) is 0 Å². The van der Waals surface area contributed by atoms with Crippen molar-refractivity contribution >= 4 is 5.97 Å². The second-order valence-corrected chi connectivity index (χ2v) is 10.6. The SMILES string of the molecule is COc1cc(C2Oc3c(ccc4c3C(Cc3ccccc3)Cc3cc(O)cc(OC)c3-4)C2COC(C)=O)ccc1O. The maximum atomic E-state index is 11.9. The first-order valence-electron chi connectivity index (χ1n) is 13.7. The fourth-order valence-corrected chi connectivity index (χ4v) is 6.32. The van der Waals surface area contributed by atoms with Crippen LogP contribution in [0.25, 0.3) is 11.1 Å². The van der Waals surface area contributed by atoms with Crippen molar-refractivity contribution in [3.63, 3.8) is 0 Å². The zero-order chi connectivity index (χ0) is 28.7. The Morgan fingerprint density at radius 3 is 2.46 bits per heavy atom. The molecule has 3 atom stereocenters. The predicted octanol–water partition coefficient (Wildman–Crippen LogP) is 6.44. The number of phenols is 2. The second-order valence-electron chi connectivity index (χ2n) is 10.6. The Kier molecular flexibility index (Phi) is 6.95. The maximum Gasteiger partial charge on any atom is 0.302 e. The van der Waals surface area contributed by atoms with E-state index in [0.29, 0.717) is 17.9 Å². The Bertz CT molecular complexity index is 1610. The average Bonchev–Trinajstić information content (AvgIpc) is 3.34. The fraction of sp³-hybridized carbons (Fsp3) is 0.265. The number of hydrogen-bond donors (Lipinski definition) is 2. The van der Waals surface area contributed by atoms with Crippen molar-refractivity contribution in [1.82, 2.24) is 0 Å². The smallest absolute Gasteiger partial charge is 0.302 e. The van der Waals surface area contributed by atoms with Gasteiger partial charge in [0.2, 0.25) is 0 Å². The normalized spacial score (nSPS) is 18.5. The van der Waals surface area contributed by atoms with Gasteiger partial charge in [0.1, 0.15) is 30.0 Å². The fourth-order valence-electron chi connectivity index (χ4n) is 6.32. The highest BCUT2D eigenvalue weighted by molar-refractivity contribution is 5.83. The first-order chi connectivity index (χ1) is 19.9. The van der Waals surface area contributed by atoms with E-state index in [9.17, 15) is 15.0 Å². The summed E-state index contributed by atoms with van der Waals surface area (Å²) in [5.74, 6) is 1.36. The topological polar surface area (TPSA) is 94.5 Å². The number of methoxy groups -OCH3 is 2. The molecule has 4 aromatic rings. The minimum absolute atomic E-state index is 0.0376. The molecule has 2 N–H and O–H groups in total. The van der Waals surface area contributed by atoms with Gasteiger partial charge < -0.3 is 29.2 Å². The van der Waals surface area contributed by atoms with E-state index in [1.807, 2.05) is 36.4 Å². The highest BCUT2D eigenvalue weighted by Crippen LogP contribution is 2.56. The molecule has 1 aliphatic heterocycles. The molecule has 0 radical (unpaired) electrons. The van der Waals surface area contributed by atoms with Crippen LogP contribution in [-0.2, 0) is 22.4 Å². The van der Waals surface area contributed by atoms with Crippen molar-refractivity contribution in [3.8, 4) is 39.9 Å². The molecule has 4 aromatic carbocycles. The molecule has 0 amide bonds. The van der Waals surface area contributed by atoms with E-state index in [1.54, 1.807) is 25.3 Å². The summed E-state index contributed by atoms with van der Waals surface area (Å²) in [4.78, 5) is 11.9. The number of rotatable bonds is 7. The van der Waals surface area contributed by atoms with Crippen molar-refractivity contribution in [2.75, 3.05) is 20.8 Å². The molecule has 0 aromatic heterocycles. The summed E-state index contributed by atoms with van der Waals surface area (Å²) in [6.07, 6.45) is 0.997. The van der Waals surface area contributed by atoms with Crippen molar-refractivity contribution in [1.29, 1.82) is 0 Å². The number of hydrogen-bond acceptors (Lipinski definition) is 7. The molecule has 0 bridgehead atoms. The lowest BCUT2D eigenvalue weighted by Crippen LogP contribution is -2.17. The summed E-state index contributed by atoms with van der Waals surface area (Å²) in [6, 6.07) is 23.1. The number of aromatic hydroxyl groups is 2. The van der Waals surface area contributed by atoms with Crippen molar-refractivity contribution < 1.29 is 34.0 Å². The summed E-state index contributed by atoms with van der Waals surface area (Å²) >= 11 is 0. The molecule has 0 saturated heterocycles. The average molecular weight is 553 g/mol. The summed E-state index contributed by atoms with van der Waals surface area (Å²) in [7, 11) is 3.12.